The lowest BCUT2D eigenvalue weighted by Crippen LogP contribution is -2.28. The van der Waals surface area contributed by atoms with E-state index in [4.69, 9.17) is 0 Å². The maximum Gasteiger partial charge on any atom is 0.332 e. The average molecular weight is 304 g/mol. The molecule has 10 nitrogen and oxygen atoms in total. The van der Waals surface area contributed by atoms with Gasteiger partial charge >= 0.3 is 5.69 Å². The van der Waals surface area contributed by atoms with Crippen molar-refractivity contribution >= 4 is 27.5 Å². The SMILES string of the molecule is CNc1nc(C)c([N+](=O)[O-])c(NCCNS(C)(=O)=O)n1. The summed E-state index contributed by atoms with van der Waals surface area (Å²) in [5.41, 5.74) is -0.0173. The van der Waals surface area contributed by atoms with Crippen molar-refractivity contribution in [2.75, 3.05) is 37.0 Å². The van der Waals surface area contributed by atoms with E-state index in [9.17, 15) is 18.5 Å². The van der Waals surface area contributed by atoms with Crippen LogP contribution in [-0.2, 0) is 10.0 Å². The first-order valence-electron chi connectivity index (χ1n) is 5.64. The van der Waals surface area contributed by atoms with Crippen LogP contribution in [0.15, 0.2) is 0 Å². The third-order valence-corrected chi connectivity index (χ3v) is 2.97. The van der Waals surface area contributed by atoms with Crippen molar-refractivity contribution in [1.29, 1.82) is 0 Å². The molecule has 1 aromatic heterocycles. The second kappa shape index (κ2) is 6.43. The van der Waals surface area contributed by atoms with Crippen LogP contribution in [-0.4, -0.2) is 49.7 Å². The highest BCUT2D eigenvalue weighted by molar-refractivity contribution is 7.88. The minimum atomic E-state index is -3.29. The second-order valence-electron chi connectivity index (χ2n) is 3.93. The van der Waals surface area contributed by atoms with Gasteiger partial charge in [-0.2, -0.15) is 4.98 Å². The highest BCUT2D eigenvalue weighted by Gasteiger charge is 2.21. The van der Waals surface area contributed by atoms with Crippen LogP contribution in [0.25, 0.3) is 0 Å². The number of aromatic nitrogens is 2. The summed E-state index contributed by atoms with van der Waals surface area (Å²) in [6, 6.07) is 0. The van der Waals surface area contributed by atoms with Crippen LogP contribution in [0.3, 0.4) is 0 Å². The highest BCUT2D eigenvalue weighted by atomic mass is 32.2. The Morgan fingerprint density at radius 1 is 1.30 bits per heavy atom. The van der Waals surface area contributed by atoms with Crippen molar-refractivity contribution in [3.05, 3.63) is 15.8 Å². The van der Waals surface area contributed by atoms with Crippen molar-refractivity contribution in [1.82, 2.24) is 14.7 Å². The molecule has 3 N–H and O–H groups in total. The molecule has 0 aromatic carbocycles. The topological polar surface area (TPSA) is 139 Å². The maximum absolute atomic E-state index is 11.0. The minimum absolute atomic E-state index is 0.0437. The zero-order valence-corrected chi connectivity index (χ0v) is 12.1. The molecular weight excluding hydrogens is 288 g/mol. The Hall–Kier alpha value is -2.01. The van der Waals surface area contributed by atoms with Gasteiger partial charge in [-0.15, -0.1) is 0 Å². The molecular formula is C9H16N6O4S. The minimum Gasteiger partial charge on any atom is -0.363 e. The summed E-state index contributed by atoms with van der Waals surface area (Å²) >= 11 is 0. The Morgan fingerprint density at radius 2 is 1.95 bits per heavy atom. The lowest BCUT2D eigenvalue weighted by molar-refractivity contribution is -0.385. The molecule has 0 aliphatic heterocycles. The van der Waals surface area contributed by atoms with Gasteiger partial charge in [0.2, 0.25) is 21.8 Å². The summed E-state index contributed by atoms with van der Waals surface area (Å²) in [5.74, 6) is 0.286. The zero-order chi connectivity index (χ0) is 15.3. The quantitative estimate of drug-likeness (QED) is 0.354. The Labute approximate surface area is 116 Å². The molecule has 0 radical (unpaired) electrons. The lowest BCUT2D eigenvalue weighted by Gasteiger charge is -2.09. The summed E-state index contributed by atoms with van der Waals surface area (Å²) < 4.78 is 24.0. The number of hydrogen-bond donors (Lipinski definition) is 3. The number of nitrogens with zero attached hydrogens (tertiary/aromatic N) is 3. The Morgan fingerprint density at radius 3 is 2.45 bits per heavy atom. The van der Waals surface area contributed by atoms with Crippen molar-refractivity contribution in [3.8, 4) is 0 Å². The Bertz CT molecular complexity index is 603. The van der Waals surface area contributed by atoms with Gasteiger partial charge in [0.15, 0.2) is 0 Å². The number of rotatable bonds is 7. The standard InChI is InChI=1S/C9H16N6O4S/c1-6-7(15(16)17)8(14-9(10-2)13-6)11-4-5-12-20(3,18)19/h12H,4-5H2,1-3H3,(H2,10,11,13,14). The van der Waals surface area contributed by atoms with Crippen molar-refractivity contribution < 1.29 is 13.3 Å². The largest absolute Gasteiger partial charge is 0.363 e. The van der Waals surface area contributed by atoms with Gasteiger partial charge in [0.1, 0.15) is 5.69 Å². The summed E-state index contributed by atoms with van der Waals surface area (Å²) in [6.07, 6.45) is 1.03. The maximum atomic E-state index is 11.0. The monoisotopic (exact) mass is 304 g/mol. The smallest absolute Gasteiger partial charge is 0.332 e. The van der Waals surface area contributed by atoms with E-state index in [1.54, 1.807) is 7.05 Å². The fourth-order valence-electron chi connectivity index (χ4n) is 1.44. The molecule has 0 aliphatic carbocycles. The van der Waals surface area contributed by atoms with Crippen LogP contribution in [0.5, 0.6) is 0 Å². The third kappa shape index (κ3) is 4.59. The molecule has 0 amide bonds. The van der Waals surface area contributed by atoms with E-state index in [2.05, 4.69) is 25.3 Å². The van der Waals surface area contributed by atoms with Gasteiger partial charge in [-0.1, -0.05) is 0 Å². The molecule has 1 rings (SSSR count). The molecule has 20 heavy (non-hydrogen) atoms. The number of sulfonamides is 1. The molecule has 1 aromatic rings. The fraction of sp³-hybridized carbons (Fsp3) is 0.556. The molecule has 1 heterocycles. The highest BCUT2D eigenvalue weighted by Crippen LogP contribution is 2.25. The number of nitro groups is 1. The van der Waals surface area contributed by atoms with Gasteiger partial charge in [-0.25, -0.2) is 18.1 Å². The third-order valence-electron chi connectivity index (χ3n) is 2.25. The molecule has 112 valence electrons. The Kier molecular flexibility index (Phi) is 5.16. The van der Waals surface area contributed by atoms with Gasteiger partial charge in [0.25, 0.3) is 0 Å². The summed E-state index contributed by atoms with van der Waals surface area (Å²) in [5, 5.41) is 16.4. The van der Waals surface area contributed by atoms with E-state index in [0.717, 1.165) is 6.26 Å². The first-order valence-corrected chi connectivity index (χ1v) is 7.53. The summed E-state index contributed by atoms with van der Waals surface area (Å²) in [6.45, 7) is 1.75. The van der Waals surface area contributed by atoms with E-state index in [1.807, 2.05) is 0 Å². The molecule has 0 saturated carbocycles. The van der Waals surface area contributed by atoms with Gasteiger partial charge in [0.05, 0.1) is 11.2 Å². The van der Waals surface area contributed by atoms with Crippen LogP contribution in [0, 0.1) is 17.0 Å². The van der Waals surface area contributed by atoms with E-state index in [-0.39, 0.29) is 36.2 Å². The summed E-state index contributed by atoms with van der Waals surface area (Å²) in [4.78, 5) is 18.3. The number of hydrogen-bond acceptors (Lipinski definition) is 8. The normalized spacial score (nSPS) is 11.2. The van der Waals surface area contributed by atoms with Crippen molar-refractivity contribution in [2.45, 2.75) is 6.92 Å². The van der Waals surface area contributed by atoms with Crippen molar-refractivity contribution in [2.24, 2.45) is 0 Å². The molecule has 0 saturated heterocycles. The molecule has 0 unspecified atom stereocenters. The van der Waals surface area contributed by atoms with E-state index in [1.165, 1.54) is 6.92 Å². The van der Waals surface area contributed by atoms with Crippen molar-refractivity contribution in [3.63, 3.8) is 0 Å². The van der Waals surface area contributed by atoms with Crippen LogP contribution >= 0.6 is 0 Å². The molecule has 0 fully saturated rings. The number of anilines is 2. The molecule has 0 aliphatic rings. The fourth-order valence-corrected chi connectivity index (χ4v) is 1.91. The number of aryl methyl sites for hydroxylation is 1. The Balaban J connectivity index is 2.87. The lowest BCUT2D eigenvalue weighted by atomic mass is 10.3. The van der Waals surface area contributed by atoms with Gasteiger partial charge in [-0.05, 0) is 6.92 Å². The average Bonchev–Trinajstić information content (AvgIpc) is 2.32. The van der Waals surface area contributed by atoms with Crippen LogP contribution in [0.2, 0.25) is 0 Å². The first-order chi connectivity index (χ1) is 9.24. The first kappa shape index (κ1) is 16.0. The van der Waals surface area contributed by atoms with Gasteiger partial charge < -0.3 is 10.6 Å². The predicted molar refractivity (Wildman–Crippen MR) is 74.3 cm³/mol. The molecule has 0 spiro atoms. The van der Waals surface area contributed by atoms with Crippen LogP contribution in [0.4, 0.5) is 17.5 Å². The molecule has 0 atom stereocenters. The van der Waals surface area contributed by atoms with E-state index < -0.39 is 14.9 Å². The van der Waals surface area contributed by atoms with E-state index in [0.29, 0.717) is 0 Å². The van der Waals surface area contributed by atoms with Gasteiger partial charge in [0, 0.05) is 20.1 Å². The predicted octanol–water partition coefficient (Wildman–Crippen LogP) is -0.304. The van der Waals surface area contributed by atoms with Crippen LogP contribution in [0.1, 0.15) is 5.69 Å². The van der Waals surface area contributed by atoms with E-state index >= 15 is 0 Å². The molecule has 0 bridgehead atoms. The second-order valence-corrected chi connectivity index (χ2v) is 5.76. The van der Waals surface area contributed by atoms with Crippen LogP contribution < -0.4 is 15.4 Å². The summed E-state index contributed by atoms with van der Waals surface area (Å²) in [7, 11) is -1.70. The number of nitrogens with one attached hydrogen (secondary N) is 3. The van der Waals surface area contributed by atoms with Gasteiger partial charge in [-0.3, -0.25) is 10.1 Å². The zero-order valence-electron chi connectivity index (χ0n) is 11.3. The molecule has 11 heteroatoms.